The Labute approximate surface area is 172 Å². The van der Waals surface area contributed by atoms with Crippen LogP contribution >= 0.6 is 0 Å². The maximum absolute atomic E-state index is 12.8. The molecule has 2 aliphatic rings. The molecule has 0 unspecified atom stereocenters. The fraction of sp³-hybridized carbons (Fsp3) is 0.167. The first kappa shape index (κ1) is 18.4. The number of para-hydroxylation sites is 1. The van der Waals surface area contributed by atoms with Crippen molar-refractivity contribution >= 4 is 0 Å². The number of hydrogen-bond acceptors (Lipinski definition) is 4. The van der Waals surface area contributed by atoms with Gasteiger partial charge in [-0.25, -0.2) is 4.98 Å². The summed E-state index contributed by atoms with van der Waals surface area (Å²) in [4.78, 5) is 19.8. The molecule has 8 heteroatoms. The minimum atomic E-state index is -0.214. The Morgan fingerprint density at radius 3 is 2.69 bits per heavy atom. The van der Waals surface area contributed by atoms with Gasteiger partial charge in [-0.15, -0.1) is 0 Å². The predicted octanol–water partition coefficient (Wildman–Crippen LogP) is -1.51. The van der Waals surface area contributed by atoms with E-state index in [4.69, 9.17) is 0 Å². The SMILES string of the molecule is Cc1c2c(=O)n(-c3ccccc3)nc-2cc([O-])n1CCc1cnc[nH]1.[Na+]. The summed E-state index contributed by atoms with van der Waals surface area (Å²) in [5.74, 6) is -0.165. The number of pyridine rings is 1. The molecule has 1 N–H and O–H groups in total. The second-order valence-corrected chi connectivity index (χ2v) is 5.86. The largest absolute Gasteiger partial charge is 1.00 e. The molecule has 0 amide bonds. The molecule has 0 fully saturated rings. The standard InChI is InChI=1S/C18H17N5O2.Na/c1-12-17-15(21-23(18(17)25)14-5-3-2-4-6-14)9-16(24)22(12)8-7-13-10-19-11-20-13;/h2-6,9-11,24H,7-8H2,1H3,(H,19,20);/q;+1/p-1. The summed E-state index contributed by atoms with van der Waals surface area (Å²) < 4.78 is 2.96. The van der Waals surface area contributed by atoms with E-state index in [9.17, 15) is 9.90 Å². The van der Waals surface area contributed by atoms with E-state index in [2.05, 4.69) is 15.1 Å². The number of aryl methyl sites for hydroxylation is 1. The molecule has 0 atom stereocenters. The Balaban J connectivity index is 0.00000196. The van der Waals surface area contributed by atoms with Gasteiger partial charge in [0.2, 0.25) is 0 Å². The molecule has 126 valence electrons. The number of fused-ring (bicyclic) bond motifs is 1. The number of aromatic nitrogens is 5. The van der Waals surface area contributed by atoms with Gasteiger partial charge in [-0.1, -0.05) is 18.2 Å². The van der Waals surface area contributed by atoms with Crippen LogP contribution in [-0.2, 0) is 13.0 Å². The molecular formula is C18H16N5NaO2. The Bertz CT molecular complexity index is 1040. The molecule has 0 radical (unpaired) electrons. The van der Waals surface area contributed by atoms with Crippen LogP contribution in [0.1, 0.15) is 11.4 Å². The van der Waals surface area contributed by atoms with Gasteiger partial charge in [-0.2, -0.15) is 9.78 Å². The fourth-order valence-electron chi connectivity index (χ4n) is 3.03. The van der Waals surface area contributed by atoms with Crippen molar-refractivity contribution in [2.45, 2.75) is 19.9 Å². The van der Waals surface area contributed by atoms with E-state index in [-0.39, 0.29) is 41.0 Å². The molecule has 2 aromatic rings. The van der Waals surface area contributed by atoms with Crippen molar-refractivity contribution in [2.75, 3.05) is 0 Å². The zero-order valence-electron chi connectivity index (χ0n) is 14.6. The van der Waals surface area contributed by atoms with Gasteiger partial charge in [-0.05, 0) is 31.0 Å². The number of benzene rings is 1. The number of hydrogen-bond donors (Lipinski definition) is 1. The van der Waals surface area contributed by atoms with Crippen LogP contribution in [0.25, 0.3) is 16.9 Å². The molecule has 26 heavy (non-hydrogen) atoms. The summed E-state index contributed by atoms with van der Waals surface area (Å²) in [7, 11) is 0. The van der Waals surface area contributed by atoms with Gasteiger partial charge in [0.05, 0.1) is 23.3 Å². The maximum atomic E-state index is 12.8. The summed E-state index contributed by atoms with van der Waals surface area (Å²) in [6.07, 6.45) is 3.96. The molecular weight excluding hydrogens is 341 g/mol. The number of H-pyrrole nitrogens is 1. The molecule has 0 saturated heterocycles. The Kier molecular flexibility index (Phi) is 5.31. The van der Waals surface area contributed by atoms with Gasteiger partial charge in [-0.3, -0.25) is 4.79 Å². The van der Waals surface area contributed by atoms with Crippen molar-refractivity contribution < 1.29 is 34.7 Å². The zero-order valence-corrected chi connectivity index (χ0v) is 16.6. The van der Waals surface area contributed by atoms with Crippen molar-refractivity contribution in [3.63, 3.8) is 0 Å². The van der Waals surface area contributed by atoms with E-state index in [1.165, 1.54) is 10.7 Å². The normalized spacial score (nSPS) is 10.8. The Morgan fingerprint density at radius 2 is 2.00 bits per heavy atom. The predicted molar refractivity (Wildman–Crippen MR) is 90.9 cm³/mol. The minimum Gasteiger partial charge on any atom is -0.860 e. The fourth-order valence-corrected chi connectivity index (χ4v) is 3.03. The van der Waals surface area contributed by atoms with Crippen molar-refractivity contribution in [2.24, 2.45) is 0 Å². The van der Waals surface area contributed by atoms with Gasteiger partial charge in [0.1, 0.15) is 0 Å². The molecule has 4 rings (SSSR count). The van der Waals surface area contributed by atoms with Gasteiger partial charge in [0.15, 0.2) is 0 Å². The van der Waals surface area contributed by atoms with E-state index in [0.29, 0.717) is 35.6 Å². The van der Waals surface area contributed by atoms with Crippen molar-refractivity contribution in [1.82, 2.24) is 24.3 Å². The van der Waals surface area contributed by atoms with Gasteiger partial charge in [0, 0.05) is 30.6 Å². The molecule has 3 heterocycles. The Morgan fingerprint density at radius 1 is 1.23 bits per heavy atom. The molecule has 7 nitrogen and oxygen atoms in total. The number of imidazole rings is 1. The second kappa shape index (κ2) is 7.49. The topological polar surface area (TPSA) is 91.6 Å². The summed E-state index contributed by atoms with van der Waals surface area (Å²) >= 11 is 0. The molecule has 2 aliphatic heterocycles. The first-order valence-electron chi connectivity index (χ1n) is 7.98. The minimum absolute atomic E-state index is 0. The summed E-state index contributed by atoms with van der Waals surface area (Å²) in [5, 5.41) is 16.8. The average Bonchev–Trinajstić information content (AvgIpc) is 3.23. The van der Waals surface area contributed by atoms with Crippen LogP contribution in [0, 0.1) is 6.92 Å². The second-order valence-electron chi connectivity index (χ2n) is 5.86. The summed E-state index contributed by atoms with van der Waals surface area (Å²) in [6, 6.07) is 10.6. The van der Waals surface area contributed by atoms with E-state index in [1.807, 2.05) is 30.3 Å². The van der Waals surface area contributed by atoms with E-state index in [1.54, 1.807) is 24.0 Å². The van der Waals surface area contributed by atoms with Crippen molar-refractivity contribution in [3.05, 3.63) is 70.7 Å². The van der Waals surface area contributed by atoms with Gasteiger partial charge < -0.3 is 14.7 Å². The van der Waals surface area contributed by atoms with Crippen LogP contribution in [0.3, 0.4) is 0 Å². The average molecular weight is 357 g/mol. The summed E-state index contributed by atoms with van der Waals surface area (Å²) in [5.41, 5.74) is 2.94. The van der Waals surface area contributed by atoms with Crippen LogP contribution in [0.2, 0.25) is 0 Å². The number of nitrogens with zero attached hydrogens (tertiary/aromatic N) is 4. The third kappa shape index (κ3) is 3.21. The summed E-state index contributed by atoms with van der Waals surface area (Å²) in [6.45, 7) is 2.26. The molecule has 1 aromatic carbocycles. The van der Waals surface area contributed by atoms with Crippen molar-refractivity contribution in [3.8, 4) is 22.8 Å². The molecule has 0 aliphatic carbocycles. The van der Waals surface area contributed by atoms with Crippen LogP contribution in [0.5, 0.6) is 5.88 Å². The van der Waals surface area contributed by atoms with E-state index >= 15 is 0 Å². The number of nitrogens with one attached hydrogen (secondary N) is 1. The monoisotopic (exact) mass is 357 g/mol. The van der Waals surface area contributed by atoms with Crippen LogP contribution < -0.4 is 40.2 Å². The van der Waals surface area contributed by atoms with Gasteiger partial charge in [0.25, 0.3) is 5.56 Å². The quantitative estimate of drug-likeness (QED) is 0.450. The van der Waals surface area contributed by atoms with Crippen molar-refractivity contribution in [1.29, 1.82) is 0 Å². The molecule has 0 bridgehead atoms. The molecule has 0 spiro atoms. The first-order valence-corrected chi connectivity index (χ1v) is 7.98. The third-order valence-electron chi connectivity index (χ3n) is 4.32. The van der Waals surface area contributed by atoms with E-state index in [0.717, 1.165) is 5.69 Å². The smallest absolute Gasteiger partial charge is 0.860 e. The third-order valence-corrected chi connectivity index (χ3v) is 4.32. The van der Waals surface area contributed by atoms with E-state index < -0.39 is 0 Å². The first-order chi connectivity index (χ1) is 12.1. The number of rotatable bonds is 4. The Hall–Kier alpha value is -2.35. The van der Waals surface area contributed by atoms with Crippen LogP contribution in [0.4, 0.5) is 0 Å². The molecule has 0 saturated carbocycles. The van der Waals surface area contributed by atoms with Crippen LogP contribution in [-0.4, -0.2) is 24.3 Å². The zero-order chi connectivity index (χ0) is 17.4. The molecule has 1 aromatic heterocycles. The van der Waals surface area contributed by atoms with Gasteiger partial charge >= 0.3 is 29.6 Å². The maximum Gasteiger partial charge on any atom is 1.00 e. The number of aromatic amines is 1. The van der Waals surface area contributed by atoms with Crippen LogP contribution in [0.15, 0.2) is 53.7 Å².